The smallest absolute Gasteiger partial charge is 0.243 e. The molecule has 1 saturated heterocycles. The maximum absolute atomic E-state index is 12.6. The second kappa shape index (κ2) is 6.24. The van der Waals surface area contributed by atoms with Gasteiger partial charge in [0.25, 0.3) is 0 Å². The van der Waals surface area contributed by atoms with Crippen LogP contribution < -0.4 is 5.73 Å². The fraction of sp³-hybridized carbons (Fsp3) is 0.600. The second-order valence-electron chi connectivity index (χ2n) is 5.67. The van der Waals surface area contributed by atoms with Crippen molar-refractivity contribution in [2.24, 2.45) is 11.7 Å². The third-order valence-corrected chi connectivity index (χ3v) is 5.83. The van der Waals surface area contributed by atoms with Crippen molar-refractivity contribution in [1.82, 2.24) is 4.31 Å². The second-order valence-corrected chi connectivity index (χ2v) is 7.61. The van der Waals surface area contributed by atoms with E-state index in [2.05, 4.69) is 6.92 Å². The summed E-state index contributed by atoms with van der Waals surface area (Å²) in [4.78, 5) is 0.365. The van der Waals surface area contributed by atoms with Crippen molar-refractivity contribution in [1.29, 1.82) is 0 Å². The van der Waals surface area contributed by atoms with E-state index in [0.717, 1.165) is 24.8 Å². The lowest BCUT2D eigenvalue weighted by Gasteiger charge is -2.17. The molecule has 112 valence electrons. The normalized spacial score (nSPS) is 22.1. The van der Waals surface area contributed by atoms with Gasteiger partial charge >= 0.3 is 0 Å². The average Bonchev–Trinajstić information content (AvgIpc) is 2.88. The van der Waals surface area contributed by atoms with Gasteiger partial charge in [0.05, 0.1) is 4.90 Å². The van der Waals surface area contributed by atoms with Gasteiger partial charge in [0.1, 0.15) is 0 Å². The van der Waals surface area contributed by atoms with Gasteiger partial charge in [-0.3, -0.25) is 0 Å². The van der Waals surface area contributed by atoms with Crippen molar-refractivity contribution in [3.8, 4) is 0 Å². The molecule has 1 aromatic carbocycles. The van der Waals surface area contributed by atoms with Gasteiger partial charge < -0.3 is 5.73 Å². The predicted molar refractivity (Wildman–Crippen MR) is 80.8 cm³/mol. The van der Waals surface area contributed by atoms with E-state index in [9.17, 15) is 8.42 Å². The summed E-state index contributed by atoms with van der Waals surface area (Å²) in [6.45, 7) is 5.29. The van der Waals surface area contributed by atoms with Gasteiger partial charge in [-0.1, -0.05) is 25.5 Å². The first-order valence-electron chi connectivity index (χ1n) is 7.31. The van der Waals surface area contributed by atoms with Crippen molar-refractivity contribution in [2.45, 2.75) is 44.0 Å². The maximum atomic E-state index is 12.6. The number of hydrogen-bond donors (Lipinski definition) is 1. The molecule has 0 radical (unpaired) electrons. The number of hydrogen-bond acceptors (Lipinski definition) is 3. The number of benzene rings is 1. The number of rotatable bonds is 5. The van der Waals surface area contributed by atoms with Crippen LogP contribution in [0.2, 0.25) is 0 Å². The van der Waals surface area contributed by atoms with E-state index in [1.54, 1.807) is 22.5 Å². The molecule has 2 rings (SSSR count). The summed E-state index contributed by atoms with van der Waals surface area (Å²) in [5.41, 5.74) is 6.69. The lowest BCUT2D eigenvalue weighted by Crippen LogP contribution is -2.29. The first-order chi connectivity index (χ1) is 9.45. The largest absolute Gasteiger partial charge is 0.324 e. The minimum atomic E-state index is -3.37. The van der Waals surface area contributed by atoms with Crippen LogP contribution in [-0.4, -0.2) is 25.8 Å². The van der Waals surface area contributed by atoms with Gasteiger partial charge in [0, 0.05) is 19.1 Å². The first kappa shape index (κ1) is 15.5. The van der Waals surface area contributed by atoms with Crippen LogP contribution in [0, 0.1) is 5.92 Å². The quantitative estimate of drug-likeness (QED) is 0.908. The molecule has 1 heterocycles. The van der Waals surface area contributed by atoms with Crippen molar-refractivity contribution < 1.29 is 8.42 Å². The highest BCUT2D eigenvalue weighted by Crippen LogP contribution is 2.27. The fourth-order valence-corrected chi connectivity index (χ4v) is 4.35. The highest BCUT2D eigenvalue weighted by Gasteiger charge is 2.32. The predicted octanol–water partition coefficient (Wildman–Crippen LogP) is 2.52. The van der Waals surface area contributed by atoms with E-state index in [1.807, 2.05) is 13.0 Å². The molecule has 2 N–H and O–H groups in total. The Hall–Kier alpha value is -0.910. The Bertz CT molecular complexity index is 555. The average molecular weight is 296 g/mol. The summed E-state index contributed by atoms with van der Waals surface area (Å²) in [7, 11) is -3.37. The Labute approximate surface area is 122 Å². The number of sulfonamides is 1. The van der Waals surface area contributed by atoms with Gasteiger partial charge in [-0.2, -0.15) is 4.31 Å². The summed E-state index contributed by atoms with van der Waals surface area (Å²) in [5.74, 6) is 0.506. The van der Waals surface area contributed by atoms with Crippen LogP contribution >= 0.6 is 0 Å². The molecule has 1 fully saturated rings. The monoisotopic (exact) mass is 296 g/mol. The van der Waals surface area contributed by atoms with Crippen LogP contribution in [-0.2, 0) is 10.0 Å². The Balaban J connectivity index is 2.21. The molecule has 0 bridgehead atoms. The van der Waals surface area contributed by atoms with Crippen LogP contribution in [0.15, 0.2) is 29.2 Å². The van der Waals surface area contributed by atoms with Crippen LogP contribution in [0.4, 0.5) is 0 Å². The lowest BCUT2D eigenvalue weighted by atomic mass is 10.0. The highest BCUT2D eigenvalue weighted by molar-refractivity contribution is 7.89. The molecule has 1 aliphatic heterocycles. The molecule has 0 spiro atoms. The Kier molecular flexibility index (Phi) is 4.83. The zero-order chi connectivity index (χ0) is 14.8. The van der Waals surface area contributed by atoms with Crippen LogP contribution in [0.25, 0.3) is 0 Å². The minimum Gasteiger partial charge on any atom is -0.324 e. The zero-order valence-corrected chi connectivity index (χ0v) is 13.1. The Morgan fingerprint density at radius 2 is 2.20 bits per heavy atom. The van der Waals surface area contributed by atoms with Crippen molar-refractivity contribution in [3.05, 3.63) is 29.8 Å². The van der Waals surface area contributed by atoms with Crippen molar-refractivity contribution in [3.63, 3.8) is 0 Å². The van der Waals surface area contributed by atoms with E-state index in [0.29, 0.717) is 23.9 Å². The van der Waals surface area contributed by atoms with Crippen LogP contribution in [0.1, 0.15) is 44.7 Å². The minimum absolute atomic E-state index is 0.156. The zero-order valence-electron chi connectivity index (χ0n) is 12.2. The van der Waals surface area contributed by atoms with Crippen LogP contribution in [0.5, 0.6) is 0 Å². The van der Waals surface area contributed by atoms with Crippen LogP contribution in [0.3, 0.4) is 0 Å². The number of nitrogens with two attached hydrogens (primary N) is 1. The third kappa shape index (κ3) is 3.22. The summed E-state index contributed by atoms with van der Waals surface area (Å²) in [6.07, 6.45) is 3.19. The molecular weight excluding hydrogens is 272 g/mol. The third-order valence-electron chi connectivity index (χ3n) is 3.97. The molecule has 1 aromatic rings. The molecule has 2 atom stereocenters. The highest BCUT2D eigenvalue weighted by atomic mass is 32.2. The molecule has 1 aliphatic rings. The molecule has 5 heteroatoms. The molecule has 4 nitrogen and oxygen atoms in total. The molecule has 0 aromatic heterocycles. The molecule has 0 amide bonds. The van der Waals surface area contributed by atoms with E-state index in [1.165, 1.54) is 0 Å². The van der Waals surface area contributed by atoms with Crippen molar-refractivity contribution in [2.75, 3.05) is 13.1 Å². The van der Waals surface area contributed by atoms with Gasteiger partial charge in [-0.05, 0) is 43.4 Å². The van der Waals surface area contributed by atoms with Gasteiger partial charge in [-0.15, -0.1) is 0 Å². The van der Waals surface area contributed by atoms with Gasteiger partial charge in [0.15, 0.2) is 0 Å². The molecule has 2 unspecified atom stereocenters. The first-order valence-corrected chi connectivity index (χ1v) is 8.75. The molecule has 0 saturated carbocycles. The summed E-state index contributed by atoms with van der Waals surface area (Å²) >= 11 is 0. The Morgan fingerprint density at radius 1 is 1.45 bits per heavy atom. The topological polar surface area (TPSA) is 63.4 Å². The fourth-order valence-electron chi connectivity index (χ4n) is 2.77. The lowest BCUT2D eigenvalue weighted by molar-refractivity contribution is 0.444. The van der Waals surface area contributed by atoms with Gasteiger partial charge in [-0.25, -0.2) is 8.42 Å². The molecule has 20 heavy (non-hydrogen) atoms. The maximum Gasteiger partial charge on any atom is 0.243 e. The van der Waals surface area contributed by atoms with E-state index in [4.69, 9.17) is 5.73 Å². The molecule has 0 aliphatic carbocycles. The Morgan fingerprint density at radius 3 is 2.85 bits per heavy atom. The summed E-state index contributed by atoms with van der Waals surface area (Å²) in [5, 5.41) is 0. The van der Waals surface area contributed by atoms with E-state index in [-0.39, 0.29) is 6.04 Å². The van der Waals surface area contributed by atoms with E-state index < -0.39 is 10.0 Å². The molecular formula is C15H24N2O2S. The van der Waals surface area contributed by atoms with Crippen molar-refractivity contribution >= 4 is 10.0 Å². The number of nitrogens with zero attached hydrogens (tertiary/aromatic N) is 1. The van der Waals surface area contributed by atoms with Gasteiger partial charge in [0.2, 0.25) is 10.0 Å². The summed E-state index contributed by atoms with van der Waals surface area (Å²) in [6, 6.07) is 6.84. The standard InChI is InChI=1S/C15H24N2O2S/c1-3-5-13-8-9-17(11-13)20(18,19)15-7-4-6-14(10-15)12(2)16/h4,6-7,10,12-13H,3,5,8-9,11,16H2,1-2H3. The summed E-state index contributed by atoms with van der Waals surface area (Å²) < 4.78 is 26.9. The SMILES string of the molecule is CCCC1CCN(S(=O)(=O)c2cccc(C(C)N)c2)C1. The van der Waals surface area contributed by atoms with E-state index >= 15 is 0 Å².